The predicted molar refractivity (Wildman–Crippen MR) is 91.9 cm³/mol. The summed E-state index contributed by atoms with van der Waals surface area (Å²) in [4.78, 5) is 14.0. The van der Waals surface area contributed by atoms with Crippen LogP contribution in [0.15, 0.2) is 48.5 Å². The van der Waals surface area contributed by atoms with Gasteiger partial charge in [-0.05, 0) is 37.2 Å². The molecule has 0 aliphatic rings. The number of rotatable bonds is 6. The van der Waals surface area contributed by atoms with E-state index < -0.39 is 0 Å². The minimum absolute atomic E-state index is 0.0485. The summed E-state index contributed by atoms with van der Waals surface area (Å²) in [5.74, 6) is -0.0485. The van der Waals surface area contributed by atoms with Crippen LogP contribution < -0.4 is 5.32 Å². The molecular formula is C19H21N3O. The van der Waals surface area contributed by atoms with Crippen LogP contribution in [0.5, 0.6) is 0 Å². The monoisotopic (exact) mass is 307 g/mol. The van der Waals surface area contributed by atoms with Gasteiger partial charge >= 0.3 is 0 Å². The molecule has 1 amide bonds. The average Bonchev–Trinajstić information content (AvgIpc) is 2.51. The Morgan fingerprint density at radius 3 is 2.30 bits per heavy atom. The average molecular weight is 307 g/mol. The maximum atomic E-state index is 12.1. The van der Waals surface area contributed by atoms with Crippen LogP contribution in [0.1, 0.15) is 16.7 Å². The molecule has 0 spiro atoms. The Morgan fingerprint density at radius 1 is 1.09 bits per heavy atom. The molecule has 0 radical (unpaired) electrons. The van der Waals surface area contributed by atoms with Crippen LogP contribution in [0.3, 0.4) is 0 Å². The smallest absolute Gasteiger partial charge is 0.238 e. The zero-order valence-electron chi connectivity index (χ0n) is 13.5. The number of aryl methyl sites for hydroxylation is 1. The van der Waals surface area contributed by atoms with E-state index >= 15 is 0 Å². The fourth-order valence-electron chi connectivity index (χ4n) is 2.30. The molecule has 1 N–H and O–H groups in total. The third-order valence-electron chi connectivity index (χ3n) is 3.51. The lowest BCUT2D eigenvalue weighted by Crippen LogP contribution is -2.29. The molecule has 2 aromatic rings. The van der Waals surface area contributed by atoms with Crippen molar-refractivity contribution in [3.63, 3.8) is 0 Å². The SMILES string of the molecule is Cc1ccc(CN(C)CC(=O)Nc2ccc(CC#N)cc2)cc1. The molecule has 0 bridgehead atoms. The summed E-state index contributed by atoms with van der Waals surface area (Å²) in [6.07, 6.45) is 0.382. The summed E-state index contributed by atoms with van der Waals surface area (Å²) >= 11 is 0. The highest BCUT2D eigenvalue weighted by molar-refractivity contribution is 5.92. The van der Waals surface area contributed by atoms with Crippen molar-refractivity contribution in [2.24, 2.45) is 0 Å². The van der Waals surface area contributed by atoms with E-state index in [2.05, 4.69) is 42.6 Å². The van der Waals surface area contributed by atoms with Crippen LogP contribution in [-0.2, 0) is 17.8 Å². The van der Waals surface area contributed by atoms with E-state index in [1.54, 1.807) is 0 Å². The van der Waals surface area contributed by atoms with E-state index in [0.717, 1.165) is 17.8 Å². The van der Waals surface area contributed by atoms with E-state index in [9.17, 15) is 4.79 Å². The Labute approximate surface area is 137 Å². The molecule has 0 unspecified atom stereocenters. The zero-order valence-corrected chi connectivity index (χ0v) is 13.5. The quantitative estimate of drug-likeness (QED) is 0.892. The van der Waals surface area contributed by atoms with Crippen LogP contribution >= 0.6 is 0 Å². The van der Waals surface area contributed by atoms with Gasteiger partial charge in [-0.1, -0.05) is 42.0 Å². The van der Waals surface area contributed by atoms with Crippen molar-refractivity contribution >= 4 is 11.6 Å². The summed E-state index contributed by atoms with van der Waals surface area (Å²) in [6, 6.07) is 17.8. The summed E-state index contributed by atoms with van der Waals surface area (Å²) in [6.45, 7) is 3.12. The second-order valence-electron chi connectivity index (χ2n) is 5.74. The number of nitrogens with zero attached hydrogens (tertiary/aromatic N) is 2. The maximum Gasteiger partial charge on any atom is 0.238 e. The molecule has 0 aliphatic heterocycles. The van der Waals surface area contributed by atoms with Gasteiger partial charge < -0.3 is 5.32 Å². The summed E-state index contributed by atoms with van der Waals surface area (Å²) in [5, 5.41) is 11.5. The first-order chi connectivity index (χ1) is 11.1. The normalized spacial score (nSPS) is 10.3. The molecule has 0 saturated heterocycles. The van der Waals surface area contributed by atoms with Crippen LogP contribution in [0, 0.1) is 18.3 Å². The first-order valence-electron chi connectivity index (χ1n) is 7.56. The summed E-state index contributed by atoms with van der Waals surface area (Å²) in [5.41, 5.74) is 4.11. The maximum absolute atomic E-state index is 12.1. The summed E-state index contributed by atoms with van der Waals surface area (Å²) < 4.78 is 0. The predicted octanol–water partition coefficient (Wildman–Crippen LogP) is 3.13. The molecule has 23 heavy (non-hydrogen) atoms. The van der Waals surface area contributed by atoms with Crippen LogP contribution in [0.2, 0.25) is 0 Å². The second-order valence-corrected chi connectivity index (χ2v) is 5.74. The van der Waals surface area contributed by atoms with E-state index in [1.165, 1.54) is 11.1 Å². The fraction of sp³-hybridized carbons (Fsp3) is 0.263. The zero-order chi connectivity index (χ0) is 16.7. The van der Waals surface area contributed by atoms with Gasteiger partial charge in [0.1, 0.15) is 0 Å². The van der Waals surface area contributed by atoms with Gasteiger partial charge in [0.15, 0.2) is 0 Å². The number of nitriles is 1. The minimum atomic E-state index is -0.0485. The topological polar surface area (TPSA) is 56.1 Å². The molecule has 0 atom stereocenters. The molecule has 0 aliphatic carbocycles. The Hall–Kier alpha value is -2.64. The summed E-state index contributed by atoms with van der Waals surface area (Å²) in [7, 11) is 1.93. The number of amides is 1. The van der Waals surface area contributed by atoms with Crippen LogP contribution in [0.4, 0.5) is 5.69 Å². The second kappa shape index (κ2) is 8.11. The highest BCUT2D eigenvalue weighted by atomic mass is 16.2. The molecule has 118 valence electrons. The molecule has 0 saturated carbocycles. The highest BCUT2D eigenvalue weighted by Gasteiger charge is 2.07. The number of hydrogen-bond acceptors (Lipinski definition) is 3. The molecule has 2 aromatic carbocycles. The number of likely N-dealkylation sites (N-methyl/N-ethyl adjacent to an activating group) is 1. The van der Waals surface area contributed by atoms with Crippen molar-refractivity contribution in [1.82, 2.24) is 4.90 Å². The lowest BCUT2D eigenvalue weighted by molar-refractivity contribution is -0.117. The van der Waals surface area contributed by atoms with Gasteiger partial charge in [0.2, 0.25) is 5.91 Å². The van der Waals surface area contributed by atoms with Crippen LogP contribution in [-0.4, -0.2) is 24.4 Å². The van der Waals surface area contributed by atoms with Gasteiger partial charge in [-0.2, -0.15) is 5.26 Å². The largest absolute Gasteiger partial charge is 0.325 e. The number of anilines is 1. The van der Waals surface area contributed by atoms with Crippen molar-refractivity contribution in [2.75, 3.05) is 18.9 Å². The first-order valence-corrected chi connectivity index (χ1v) is 7.56. The van der Waals surface area contributed by atoms with Crippen molar-refractivity contribution in [3.8, 4) is 6.07 Å². The molecule has 0 aromatic heterocycles. The Morgan fingerprint density at radius 2 is 1.70 bits per heavy atom. The van der Waals surface area contributed by atoms with E-state index in [0.29, 0.717) is 13.0 Å². The number of benzene rings is 2. The molecule has 4 nitrogen and oxygen atoms in total. The standard InChI is InChI=1S/C19H21N3O/c1-15-3-5-17(6-4-15)13-22(2)14-19(23)21-18-9-7-16(8-10-18)11-12-20/h3-10H,11,13-14H2,1-2H3,(H,21,23). The fourth-order valence-corrected chi connectivity index (χ4v) is 2.30. The van der Waals surface area contributed by atoms with Crippen LogP contribution in [0.25, 0.3) is 0 Å². The first kappa shape index (κ1) is 16.7. The highest BCUT2D eigenvalue weighted by Crippen LogP contribution is 2.10. The number of hydrogen-bond donors (Lipinski definition) is 1. The molecule has 0 fully saturated rings. The lowest BCUT2D eigenvalue weighted by Gasteiger charge is -2.16. The van der Waals surface area contributed by atoms with Crippen molar-refractivity contribution in [3.05, 3.63) is 65.2 Å². The third-order valence-corrected chi connectivity index (χ3v) is 3.51. The third kappa shape index (κ3) is 5.57. The minimum Gasteiger partial charge on any atom is -0.325 e. The molecular weight excluding hydrogens is 286 g/mol. The van der Waals surface area contributed by atoms with Crippen molar-refractivity contribution in [2.45, 2.75) is 19.9 Å². The van der Waals surface area contributed by atoms with Gasteiger partial charge in [-0.3, -0.25) is 9.69 Å². The van der Waals surface area contributed by atoms with Crippen molar-refractivity contribution < 1.29 is 4.79 Å². The van der Waals surface area contributed by atoms with Gasteiger partial charge in [-0.15, -0.1) is 0 Å². The van der Waals surface area contributed by atoms with Crippen molar-refractivity contribution in [1.29, 1.82) is 5.26 Å². The van der Waals surface area contributed by atoms with Gasteiger partial charge in [0, 0.05) is 12.2 Å². The Kier molecular flexibility index (Phi) is 5.90. The number of carbonyl (C=O) groups excluding carboxylic acids is 1. The number of nitrogens with one attached hydrogen (secondary N) is 1. The van der Waals surface area contributed by atoms with E-state index in [4.69, 9.17) is 5.26 Å². The Bertz CT molecular complexity index is 684. The lowest BCUT2D eigenvalue weighted by atomic mass is 10.1. The van der Waals surface area contributed by atoms with Gasteiger partial charge in [0.25, 0.3) is 0 Å². The molecule has 0 heterocycles. The van der Waals surface area contributed by atoms with Gasteiger partial charge in [-0.25, -0.2) is 0 Å². The van der Waals surface area contributed by atoms with Gasteiger partial charge in [0.05, 0.1) is 19.0 Å². The molecule has 2 rings (SSSR count). The van der Waals surface area contributed by atoms with E-state index in [-0.39, 0.29) is 5.91 Å². The Balaban J connectivity index is 1.83. The number of carbonyl (C=O) groups is 1. The molecule has 4 heteroatoms. The van der Waals surface area contributed by atoms with E-state index in [1.807, 2.05) is 36.2 Å².